The van der Waals surface area contributed by atoms with Crippen molar-refractivity contribution in [3.63, 3.8) is 0 Å². The summed E-state index contributed by atoms with van der Waals surface area (Å²) in [6.45, 7) is 4.37. The Kier molecular flexibility index (Phi) is 4.39. The van der Waals surface area contributed by atoms with E-state index in [2.05, 4.69) is 5.10 Å². The lowest BCUT2D eigenvalue weighted by molar-refractivity contribution is -0.138. The third-order valence-corrected chi connectivity index (χ3v) is 3.48. The van der Waals surface area contributed by atoms with E-state index in [1.165, 1.54) is 0 Å². The van der Waals surface area contributed by atoms with Gasteiger partial charge in [0.25, 0.3) is 5.91 Å². The molecule has 0 radical (unpaired) electrons. The molecular formula is C13H20N4O3. The number of hydrogen-bond donors (Lipinski definition) is 1. The van der Waals surface area contributed by atoms with Crippen molar-refractivity contribution in [3.8, 4) is 0 Å². The van der Waals surface area contributed by atoms with Crippen molar-refractivity contribution in [1.29, 1.82) is 0 Å². The van der Waals surface area contributed by atoms with Gasteiger partial charge in [-0.3, -0.25) is 19.2 Å². The normalized spacial score (nSPS) is 17.0. The van der Waals surface area contributed by atoms with Crippen LogP contribution in [0, 0.1) is 6.92 Å². The molecule has 0 spiro atoms. The van der Waals surface area contributed by atoms with Crippen molar-refractivity contribution >= 4 is 11.9 Å². The minimum atomic E-state index is -0.826. The van der Waals surface area contributed by atoms with Crippen LogP contribution in [0.2, 0.25) is 0 Å². The monoisotopic (exact) mass is 280 g/mol. The van der Waals surface area contributed by atoms with Crippen molar-refractivity contribution < 1.29 is 14.7 Å². The van der Waals surface area contributed by atoms with Crippen LogP contribution in [0.3, 0.4) is 0 Å². The van der Waals surface area contributed by atoms with E-state index in [9.17, 15) is 9.59 Å². The number of carbonyl (C=O) groups is 2. The van der Waals surface area contributed by atoms with Gasteiger partial charge >= 0.3 is 5.97 Å². The number of nitrogens with zero attached hydrogens (tertiary/aromatic N) is 4. The Morgan fingerprint density at radius 3 is 2.65 bits per heavy atom. The molecule has 1 aromatic heterocycles. The van der Waals surface area contributed by atoms with E-state index in [4.69, 9.17) is 5.11 Å². The average molecular weight is 280 g/mol. The highest BCUT2D eigenvalue weighted by molar-refractivity contribution is 5.95. The van der Waals surface area contributed by atoms with E-state index < -0.39 is 5.97 Å². The molecule has 7 heteroatoms. The van der Waals surface area contributed by atoms with Crippen LogP contribution < -0.4 is 0 Å². The molecule has 20 heavy (non-hydrogen) atoms. The van der Waals surface area contributed by atoms with E-state index in [1.807, 2.05) is 11.8 Å². The van der Waals surface area contributed by atoms with Crippen molar-refractivity contribution in [2.75, 3.05) is 32.7 Å². The molecular weight excluding hydrogens is 260 g/mol. The first kappa shape index (κ1) is 14.5. The summed E-state index contributed by atoms with van der Waals surface area (Å²) in [6, 6.07) is 0. The highest BCUT2D eigenvalue weighted by Crippen LogP contribution is 2.11. The number of aliphatic carboxylic acids is 1. The molecule has 0 atom stereocenters. The Bertz CT molecular complexity index is 512. The molecule has 1 N–H and O–H groups in total. The number of carboxylic acid groups (broad SMARTS) is 1. The first-order chi connectivity index (χ1) is 9.47. The predicted octanol–water partition coefficient (Wildman–Crippen LogP) is -0.0390. The van der Waals surface area contributed by atoms with Gasteiger partial charge in [-0.25, -0.2) is 0 Å². The number of aryl methyl sites for hydroxylation is 2. The highest BCUT2D eigenvalue weighted by atomic mass is 16.4. The molecule has 0 saturated carbocycles. The first-order valence-corrected chi connectivity index (χ1v) is 6.71. The van der Waals surface area contributed by atoms with Crippen LogP contribution in [0.5, 0.6) is 0 Å². The van der Waals surface area contributed by atoms with Gasteiger partial charge in [-0.1, -0.05) is 0 Å². The molecule has 2 heterocycles. The lowest BCUT2D eigenvalue weighted by Crippen LogP contribution is -2.36. The van der Waals surface area contributed by atoms with Gasteiger partial charge < -0.3 is 10.0 Å². The van der Waals surface area contributed by atoms with Gasteiger partial charge in [0, 0.05) is 39.4 Å². The molecule has 1 aromatic rings. The standard InChI is InChI=1S/C13H20N4O3/c1-10-11(8-15(2)14-10)13(20)17-5-3-4-16(6-7-17)9-12(18)19/h8H,3-7,9H2,1-2H3,(H,18,19). The van der Waals surface area contributed by atoms with Crippen LogP contribution in [0.25, 0.3) is 0 Å². The van der Waals surface area contributed by atoms with Crippen LogP contribution in [0.15, 0.2) is 6.20 Å². The molecule has 110 valence electrons. The van der Waals surface area contributed by atoms with E-state index in [0.29, 0.717) is 31.7 Å². The molecule has 2 rings (SSSR count). The van der Waals surface area contributed by atoms with Crippen molar-refractivity contribution in [2.24, 2.45) is 7.05 Å². The molecule has 1 saturated heterocycles. The second-order valence-electron chi connectivity index (χ2n) is 5.12. The Morgan fingerprint density at radius 2 is 2.05 bits per heavy atom. The smallest absolute Gasteiger partial charge is 0.317 e. The summed E-state index contributed by atoms with van der Waals surface area (Å²) in [4.78, 5) is 26.8. The van der Waals surface area contributed by atoms with Crippen molar-refractivity contribution in [2.45, 2.75) is 13.3 Å². The molecule has 1 aliphatic rings. The fourth-order valence-electron chi connectivity index (χ4n) is 2.50. The number of aromatic nitrogens is 2. The molecule has 0 bridgehead atoms. The van der Waals surface area contributed by atoms with E-state index in [0.717, 1.165) is 12.1 Å². The fourth-order valence-corrected chi connectivity index (χ4v) is 2.50. The first-order valence-electron chi connectivity index (χ1n) is 6.71. The van der Waals surface area contributed by atoms with Gasteiger partial charge in [0.05, 0.1) is 17.8 Å². The summed E-state index contributed by atoms with van der Waals surface area (Å²) in [5.41, 5.74) is 1.35. The second kappa shape index (κ2) is 6.04. The fraction of sp³-hybridized carbons (Fsp3) is 0.615. The van der Waals surface area contributed by atoms with Crippen molar-refractivity contribution in [1.82, 2.24) is 19.6 Å². The largest absolute Gasteiger partial charge is 0.480 e. The maximum Gasteiger partial charge on any atom is 0.317 e. The van der Waals surface area contributed by atoms with Crippen LogP contribution in [-0.2, 0) is 11.8 Å². The van der Waals surface area contributed by atoms with E-state index in [1.54, 1.807) is 22.8 Å². The maximum atomic E-state index is 12.5. The van der Waals surface area contributed by atoms with Gasteiger partial charge in [-0.15, -0.1) is 0 Å². The minimum absolute atomic E-state index is 0.0206. The lowest BCUT2D eigenvalue weighted by atomic mass is 10.2. The molecule has 7 nitrogen and oxygen atoms in total. The van der Waals surface area contributed by atoms with Gasteiger partial charge in [0.1, 0.15) is 0 Å². The van der Waals surface area contributed by atoms with Crippen LogP contribution in [0.4, 0.5) is 0 Å². The Morgan fingerprint density at radius 1 is 1.30 bits per heavy atom. The molecule has 1 aliphatic heterocycles. The summed E-state index contributed by atoms with van der Waals surface area (Å²) >= 11 is 0. The SMILES string of the molecule is Cc1nn(C)cc1C(=O)N1CCCN(CC(=O)O)CC1. The van der Waals surface area contributed by atoms with Gasteiger partial charge in [-0.2, -0.15) is 5.10 Å². The van der Waals surface area contributed by atoms with Crippen LogP contribution in [0.1, 0.15) is 22.5 Å². The van der Waals surface area contributed by atoms with E-state index >= 15 is 0 Å². The molecule has 1 amide bonds. The summed E-state index contributed by atoms with van der Waals surface area (Å²) in [6.07, 6.45) is 2.52. The number of carboxylic acids is 1. The molecule has 0 aliphatic carbocycles. The Hall–Kier alpha value is -1.89. The summed E-state index contributed by atoms with van der Waals surface area (Å²) in [5.74, 6) is -0.847. The topological polar surface area (TPSA) is 78.7 Å². The maximum absolute atomic E-state index is 12.5. The number of amides is 1. The summed E-state index contributed by atoms with van der Waals surface area (Å²) in [5, 5.41) is 13.0. The zero-order valence-electron chi connectivity index (χ0n) is 11.9. The average Bonchev–Trinajstić information content (AvgIpc) is 2.58. The lowest BCUT2D eigenvalue weighted by Gasteiger charge is -2.20. The Balaban J connectivity index is 2.01. The van der Waals surface area contributed by atoms with Gasteiger partial charge in [-0.05, 0) is 13.3 Å². The van der Waals surface area contributed by atoms with Crippen molar-refractivity contribution in [3.05, 3.63) is 17.5 Å². The van der Waals surface area contributed by atoms with Gasteiger partial charge in [0.2, 0.25) is 0 Å². The zero-order valence-corrected chi connectivity index (χ0v) is 11.9. The molecule has 1 fully saturated rings. The predicted molar refractivity (Wildman–Crippen MR) is 72.5 cm³/mol. The number of carbonyl (C=O) groups excluding carboxylic acids is 1. The second-order valence-corrected chi connectivity index (χ2v) is 5.12. The third kappa shape index (κ3) is 3.36. The Labute approximate surface area is 117 Å². The quantitative estimate of drug-likeness (QED) is 0.840. The third-order valence-electron chi connectivity index (χ3n) is 3.48. The van der Waals surface area contributed by atoms with E-state index in [-0.39, 0.29) is 12.5 Å². The molecule has 0 aromatic carbocycles. The summed E-state index contributed by atoms with van der Waals surface area (Å²) in [7, 11) is 1.79. The summed E-state index contributed by atoms with van der Waals surface area (Å²) < 4.78 is 1.64. The van der Waals surface area contributed by atoms with Crippen LogP contribution >= 0.6 is 0 Å². The van der Waals surface area contributed by atoms with Crippen LogP contribution in [-0.4, -0.2) is 69.3 Å². The highest BCUT2D eigenvalue weighted by Gasteiger charge is 2.23. The molecule has 0 unspecified atom stereocenters. The zero-order chi connectivity index (χ0) is 14.7. The number of hydrogen-bond acceptors (Lipinski definition) is 4. The van der Waals surface area contributed by atoms with Gasteiger partial charge in [0.15, 0.2) is 0 Å². The number of rotatable bonds is 3. The minimum Gasteiger partial charge on any atom is -0.480 e.